The van der Waals surface area contributed by atoms with E-state index in [1.807, 2.05) is 0 Å². The Morgan fingerprint density at radius 1 is 0.613 bits per heavy atom. The van der Waals surface area contributed by atoms with Gasteiger partial charge in [-0.05, 0) is 12.8 Å². The number of carboxylic acids is 1. The van der Waals surface area contributed by atoms with Crippen LogP contribution in [0.3, 0.4) is 0 Å². The molecule has 31 heavy (non-hydrogen) atoms. The first-order valence-corrected chi connectivity index (χ1v) is 10.6. The monoisotopic (exact) mass is 450 g/mol. The van der Waals surface area contributed by atoms with Gasteiger partial charge in [-0.2, -0.15) is 0 Å². The van der Waals surface area contributed by atoms with Gasteiger partial charge in [-0.25, -0.2) is 0 Å². The van der Waals surface area contributed by atoms with Crippen LogP contribution in [0.5, 0.6) is 0 Å². The number of aliphatic carboxylic acids is 1. The summed E-state index contributed by atoms with van der Waals surface area (Å²) in [6.07, 6.45) is 2.97. The van der Waals surface area contributed by atoms with Gasteiger partial charge in [0, 0.05) is 12.8 Å². The number of carbonyl (C=O) groups is 2. The lowest BCUT2D eigenvalue weighted by molar-refractivity contribution is -0.146. The minimum absolute atomic E-state index is 0.0678. The second-order valence-electron chi connectivity index (χ2n) is 6.25. The fourth-order valence-corrected chi connectivity index (χ4v) is 2.10. The molecular formula is C21H38O10. The molecule has 1 N–H and O–H groups in total. The highest BCUT2D eigenvalue weighted by molar-refractivity contribution is 5.69. The van der Waals surface area contributed by atoms with Gasteiger partial charge in [-0.15, -0.1) is 6.58 Å². The molecule has 0 saturated heterocycles. The van der Waals surface area contributed by atoms with E-state index >= 15 is 0 Å². The Morgan fingerprint density at radius 3 is 1.42 bits per heavy atom. The fourth-order valence-electron chi connectivity index (χ4n) is 2.10. The van der Waals surface area contributed by atoms with Gasteiger partial charge in [0.05, 0.1) is 79.3 Å². The molecule has 0 aromatic heterocycles. The molecule has 0 aliphatic heterocycles. The number of ether oxygens (including phenoxy) is 7. The Morgan fingerprint density at radius 2 is 1.00 bits per heavy atom. The Balaban J connectivity index is 3.11. The lowest BCUT2D eigenvalue weighted by Crippen LogP contribution is -2.15. The van der Waals surface area contributed by atoms with Crippen molar-refractivity contribution in [1.29, 1.82) is 0 Å². The van der Waals surface area contributed by atoms with Crippen molar-refractivity contribution in [2.24, 2.45) is 0 Å². The molecule has 0 atom stereocenters. The summed E-state index contributed by atoms with van der Waals surface area (Å²) in [6.45, 7) is 9.43. The third-order valence-corrected chi connectivity index (χ3v) is 3.61. The third-order valence-electron chi connectivity index (χ3n) is 3.61. The predicted octanol–water partition coefficient (Wildman–Crippen LogP) is 1.46. The van der Waals surface area contributed by atoms with Crippen molar-refractivity contribution in [3.05, 3.63) is 12.7 Å². The Kier molecular flexibility index (Phi) is 23.5. The molecule has 0 aromatic carbocycles. The average molecular weight is 451 g/mol. The zero-order valence-corrected chi connectivity index (χ0v) is 18.4. The van der Waals surface area contributed by atoms with Gasteiger partial charge in [0.1, 0.15) is 6.61 Å². The summed E-state index contributed by atoms with van der Waals surface area (Å²) in [5.74, 6) is -1.20. The van der Waals surface area contributed by atoms with Crippen LogP contribution in [0, 0.1) is 0 Å². The first kappa shape index (κ1) is 29.4. The smallest absolute Gasteiger partial charge is 0.305 e. The van der Waals surface area contributed by atoms with E-state index in [1.54, 1.807) is 6.08 Å². The minimum Gasteiger partial charge on any atom is -0.481 e. The van der Waals surface area contributed by atoms with Crippen molar-refractivity contribution in [2.75, 3.05) is 85.9 Å². The van der Waals surface area contributed by atoms with Crippen LogP contribution in [0.4, 0.5) is 0 Å². The van der Waals surface area contributed by atoms with Crippen molar-refractivity contribution in [2.45, 2.75) is 25.7 Å². The molecule has 10 heteroatoms. The summed E-state index contributed by atoms with van der Waals surface area (Å²) in [5.41, 5.74) is 0. The molecule has 0 rings (SSSR count). The van der Waals surface area contributed by atoms with Crippen LogP contribution in [-0.2, 0) is 42.7 Å². The van der Waals surface area contributed by atoms with Crippen molar-refractivity contribution in [3.8, 4) is 0 Å². The second kappa shape index (κ2) is 24.7. The van der Waals surface area contributed by atoms with E-state index in [9.17, 15) is 9.59 Å². The summed E-state index contributed by atoms with van der Waals surface area (Å²) < 4.78 is 36.9. The Labute approximate surface area is 184 Å². The van der Waals surface area contributed by atoms with Crippen molar-refractivity contribution in [3.63, 3.8) is 0 Å². The summed E-state index contributed by atoms with van der Waals surface area (Å²) >= 11 is 0. The first-order chi connectivity index (χ1) is 15.2. The van der Waals surface area contributed by atoms with E-state index < -0.39 is 5.97 Å². The van der Waals surface area contributed by atoms with Gasteiger partial charge in [-0.3, -0.25) is 9.59 Å². The molecule has 0 amide bonds. The maximum absolute atomic E-state index is 11.4. The van der Waals surface area contributed by atoms with E-state index in [-0.39, 0.29) is 25.4 Å². The molecule has 0 aliphatic rings. The van der Waals surface area contributed by atoms with Gasteiger partial charge in [-0.1, -0.05) is 6.08 Å². The quantitative estimate of drug-likeness (QED) is 0.124. The highest BCUT2D eigenvalue weighted by Gasteiger charge is 2.04. The number of hydrogen-bond acceptors (Lipinski definition) is 9. The van der Waals surface area contributed by atoms with Crippen LogP contribution in [0.2, 0.25) is 0 Å². The maximum atomic E-state index is 11.4. The van der Waals surface area contributed by atoms with E-state index in [2.05, 4.69) is 6.58 Å². The van der Waals surface area contributed by atoms with Crippen molar-refractivity contribution < 1.29 is 47.9 Å². The van der Waals surface area contributed by atoms with Crippen molar-refractivity contribution in [1.82, 2.24) is 0 Å². The van der Waals surface area contributed by atoms with Gasteiger partial charge >= 0.3 is 11.9 Å². The third kappa shape index (κ3) is 26.4. The number of carboxylic acid groups (broad SMARTS) is 1. The standard InChI is InChI=1S/C21H38O10/c1-2-7-25-8-9-26-10-11-27-12-13-28-14-15-29-16-17-30-18-19-31-21(24)6-4-3-5-20(22)23/h2H,1,3-19H2,(H,22,23). The zero-order chi connectivity index (χ0) is 22.8. The van der Waals surface area contributed by atoms with E-state index in [0.717, 1.165) is 0 Å². The molecule has 0 saturated carbocycles. The summed E-state index contributed by atoms with van der Waals surface area (Å²) in [6, 6.07) is 0. The molecule has 0 bridgehead atoms. The topological polar surface area (TPSA) is 119 Å². The molecule has 0 aliphatic carbocycles. The molecule has 10 nitrogen and oxygen atoms in total. The summed E-state index contributed by atoms with van der Waals surface area (Å²) in [5, 5.41) is 8.50. The molecule has 0 radical (unpaired) electrons. The normalized spacial score (nSPS) is 10.8. The number of unbranched alkanes of at least 4 members (excludes halogenated alkanes) is 1. The predicted molar refractivity (Wildman–Crippen MR) is 112 cm³/mol. The van der Waals surface area contributed by atoms with Gasteiger partial charge < -0.3 is 38.3 Å². The van der Waals surface area contributed by atoms with Crippen LogP contribution < -0.4 is 0 Å². The van der Waals surface area contributed by atoms with Crippen LogP contribution in [-0.4, -0.2) is 103 Å². The lowest BCUT2D eigenvalue weighted by Gasteiger charge is -2.08. The molecule has 0 unspecified atom stereocenters. The average Bonchev–Trinajstić information content (AvgIpc) is 2.75. The maximum Gasteiger partial charge on any atom is 0.305 e. The molecule has 0 aromatic rings. The molecule has 0 spiro atoms. The molecule has 0 heterocycles. The van der Waals surface area contributed by atoms with Gasteiger partial charge in [0.15, 0.2) is 0 Å². The fraction of sp³-hybridized carbons (Fsp3) is 0.810. The Bertz CT molecular complexity index is 430. The largest absolute Gasteiger partial charge is 0.481 e. The number of carbonyl (C=O) groups excluding carboxylic acids is 1. The van der Waals surface area contributed by atoms with E-state index in [0.29, 0.717) is 92.1 Å². The lowest BCUT2D eigenvalue weighted by atomic mass is 10.2. The summed E-state index contributed by atoms with van der Waals surface area (Å²) in [4.78, 5) is 21.7. The molecule has 182 valence electrons. The SMILES string of the molecule is C=CCOCCOCCOCCOCCOCCOCCOC(=O)CCCCC(=O)O. The molecular weight excluding hydrogens is 412 g/mol. The van der Waals surface area contributed by atoms with Crippen LogP contribution in [0.15, 0.2) is 12.7 Å². The van der Waals surface area contributed by atoms with Gasteiger partial charge in [0.2, 0.25) is 0 Å². The number of esters is 1. The summed E-state index contributed by atoms with van der Waals surface area (Å²) in [7, 11) is 0. The van der Waals surface area contributed by atoms with Crippen LogP contribution in [0.25, 0.3) is 0 Å². The van der Waals surface area contributed by atoms with Crippen molar-refractivity contribution >= 4 is 11.9 Å². The van der Waals surface area contributed by atoms with E-state index in [1.165, 1.54) is 0 Å². The highest BCUT2D eigenvalue weighted by atomic mass is 16.6. The zero-order valence-electron chi connectivity index (χ0n) is 18.4. The second-order valence-corrected chi connectivity index (χ2v) is 6.25. The van der Waals surface area contributed by atoms with Gasteiger partial charge in [0.25, 0.3) is 0 Å². The van der Waals surface area contributed by atoms with Crippen LogP contribution in [0.1, 0.15) is 25.7 Å². The number of rotatable bonds is 25. The minimum atomic E-state index is -0.858. The van der Waals surface area contributed by atoms with E-state index in [4.69, 9.17) is 38.3 Å². The highest BCUT2D eigenvalue weighted by Crippen LogP contribution is 2.01. The Hall–Kier alpha value is -1.56. The number of hydrogen-bond donors (Lipinski definition) is 1. The molecule has 0 fully saturated rings. The first-order valence-electron chi connectivity index (χ1n) is 10.6. The van der Waals surface area contributed by atoms with Crippen LogP contribution >= 0.6 is 0 Å².